The minimum absolute atomic E-state index is 0.0101. The molecule has 1 heterocycles. The van der Waals surface area contributed by atoms with Crippen LogP contribution < -0.4 is 21.3 Å². The van der Waals surface area contributed by atoms with Crippen LogP contribution in [0.15, 0.2) is 47.9 Å². The summed E-state index contributed by atoms with van der Waals surface area (Å²) in [5, 5.41) is 11.1. The lowest BCUT2D eigenvalue weighted by atomic mass is 9.83. The van der Waals surface area contributed by atoms with E-state index in [9.17, 15) is 32.4 Å². The molecule has 0 aromatic heterocycles. The van der Waals surface area contributed by atoms with Gasteiger partial charge in [0.2, 0.25) is 27.6 Å². The SMILES string of the molecule is C=CCNC(=O)C(=O)C(CCC)NC(=O)[C@@H]1[C@@H]2[C@H](CN1C(=O)[C@@H](NC(=O)NC[C@@H](N(C)S(=O)(=O)c1ccccc1)C(C)(C)C)C1CCCCC1)C2(C)C. The maximum Gasteiger partial charge on any atom is 0.315 e. The normalized spacial score (nSPS) is 22.9. The first-order chi connectivity index (χ1) is 24.9. The number of carbonyl (C=O) groups excluding carboxylic acids is 5. The molecule has 0 radical (unpaired) electrons. The van der Waals surface area contributed by atoms with Gasteiger partial charge in [0.05, 0.1) is 10.9 Å². The number of ketones is 1. The second-order valence-electron chi connectivity index (χ2n) is 16.5. The van der Waals surface area contributed by atoms with Crippen molar-refractivity contribution < 1.29 is 32.4 Å². The van der Waals surface area contributed by atoms with Crippen LogP contribution in [0.4, 0.5) is 4.79 Å². The van der Waals surface area contributed by atoms with E-state index in [1.54, 1.807) is 23.1 Å². The largest absolute Gasteiger partial charge is 0.346 e. The van der Waals surface area contributed by atoms with Crippen LogP contribution in [0.25, 0.3) is 0 Å². The number of piperidine rings is 1. The summed E-state index contributed by atoms with van der Waals surface area (Å²) in [6, 6.07) is 4.07. The number of nitrogens with zero attached hydrogens (tertiary/aromatic N) is 2. The second-order valence-corrected chi connectivity index (χ2v) is 18.5. The minimum Gasteiger partial charge on any atom is -0.346 e. The monoisotopic (exact) mass is 756 g/mol. The molecule has 5 amide bonds. The van der Waals surface area contributed by atoms with Crippen LogP contribution >= 0.6 is 0 Å². The van der Waals surface area contributed by atoms with Gasteiger partial charge >= 0.3 is 6.03 Å². The van der Waals surface area contributed by atoms with Crippen molar-refractivity contribution in [3.8, 4) is 0 Å². The molecule has 0 spiro atoms. The number of urea groups is 1. The maximum absolute atomic E-state index is 14.6. The van der Waals surface area contributed by atoms with Gasteiger partial charge in [0.25, 0.3) is 5.91 Å². The Morgan fingerprint density at radius 3 is 2.25 bits per heavy atom. The molecular weight excluding hydrogens is 697 g/mol. The molecule has 2 aliphatic carbocycles. The molecule has 6 atom stereocenters. The van der Waals surface area contributed by atoms with Crippen LogP contribution in [0.2, 0.25) is 0 Å². The van der Waals surface area contributed by atoms with Gasteiger partial charge in [0.15, 0.2) is 0 Å². The highest BCUT2D eigenvalue weighted by Crippen LogP contribution is 2.65. The zero-order valence-electron chi connectivity index (χ0n) is 32.4. The molecule has 1 unspecified atom stereocenters. The fourth-order valence-corrected chi connectivity index (χ4v) is 9.91. The molecule has 1 aromatic carbocycles. The Morgan fingerprint density at radius 1 is 1.02 bits per heavy atom. The molecule has 3 fully saturated rings. The lowest BCUT2D eigenvalue weighted by molar-refractivity contribution is -0.144. The Labute approximate surface area is 315 Å². The number of likely N-dealkylation sites (N-methyl/N-ethyl adjacent to an activating group) is 1. The molecule has 1 aromatic rings. The first-order valence-corrected chi connectivity index (χ1v) is 20.4. The van der Waals surface area contributed by atoms with E-state index < -0.39 is 63.2 Å². The van der Waals surface area contributed by atoms with Crippen molar-refractivity contribution in [2.24, 2.45) is 28.6 Å². The highest BCUT2D eigenvalue weighted by molar-refractivity contribution is 7.89. The molecule has 3 aliphatic rings. The van der Waals surface area contributed by atoms with Crippen molar-refractivity contribution in [1.82, 2.24) is 30.5 Å². The minimum atomic E-state index is -3.87. The molecule has 13 nitrogen and oxygen atoms in total. The lowest BCUT2D eigenvalue weighted by Gasteiger charge is -2.38. The van der Waals surface area contributed by atoms with E-state index >= 15 is 0 Å². The van der Waals surface area contributed by atoms with E-state index in [0.717, 1.165) is 32.1 Å². The third-order valence-electron chi connectivity index (χ3n) is 11.6. The third kappa shape index (κ3) is 9.48. The van der Waals surface area contributed by atoms with Crippen LogP contribution in [0.1, 0.15) is 86.5 Å². The van der Waals surface area contributed by atoms with Crippen molar-refractivity contribution >= 4 is 39.6 Å². The number of fused-ring (bicyclic) bond motifs is 1. The van der Waals surface area contributed by atoms with Crippen molar-refractivity contribution in [1.29, 1.82) is 0 Å². The summed E-state index contributed by atoms with van der Waals surface area (Å²) >= 11 is 0. The molecular formula is C39H60N6O7S. The Hall–Kier alpha value is -3.78. The molecule has 4 rings (SSSR count). The summed E-state index contributed by atoms with van der Waals surface area (Å²) in [5.74, 6) is -2.63. The smallest absolute Gasteiger partial charge is 0.315 e. The second kappa shape index (κ2) is 17.1. The van der Waals surface area contributed by atoms with Gasteiger partial charge in [-0.15, -0.1) is 6.58 Å². The molecule has 14 heteroatoms. The number of carbonyl (C=O) groups is 5. The topological polar surface area (TPSA) is 174 Å². The van der Waals surface area contributed by atoms with E-state index in [1.807, 2.05) is 27.7 Å². The van der Waals surface area contributed by atoms with Crippen LogP contribution in [0, 0.1) is 28.6 Å². The predicted molar refractivity (Wildman–Crippen MR) is 203 cm³/mol. The first-order valence-electron chi connectivity index (χ1n) is 19.0. The van der Waals surface area contributed by atoms with E-state index in [2.05, 4.69) is 41.7 Å². The number of rotatable bonds is 16. The molecule has 2 saturated carbocycles. The molecule has 294 valence electrons. The third-order valence-corrected chi connectivity index (χ3v) is 13.5. The zero-order chi connectivity index (χ0) is 39.3. The molecule has 0 bridgehead atoms. The summed E-state index contributed by atoms with van der Waals surface area (Å²) < 4.78 is 28.4. The van der Waals surface area contributed by atoms with Gasteiger partial charge in [-0.05, 0) is 60.0 Å². The van der Waals surface area contributed by atoms with E-state index in [0.29, 0.717) is 13.0 Å². The molecule has 1 saturated heterocycles. The molecule has 4 N–H and O–H groups in total. The number of nitrogens with one attached hydrogen (secondary N) is 4. The van der Waals surface area contributed by atoms with Gasteiger partial charge < -0.3 is 26.2 Å². The quantitative estimate of drug-likeness (QED) is 0.147. The lowest BCUT2D eigenvalue weighted by Crippen LogP contribution is -2.61. The van der Waals surface area contributed by atoms with Crippen molar-refractivity contribution in [3.05, 3.63) is 43.0 Å². The number of sulfonamides is 1. The van der Waals surface area contributed by atoms with Crippen molar-refractivity contribution in [3.63, 3.8) is 0 Å². The van der Waals surface area contributed by atoms with E-state index in [-0.39, 0.29) is 53.5 Å². The number of amides is 5. The van der Waals surface area contributed by atoms with Crippen LogP contribution in [-0.2, 0) is 29.2 Å². The van der Waals surface area contributed by atoms with Gasteiger partial charge in [-0.2, -0.15) is 4.31 Å². The standard InChI is InChI=1S/C39H60N6O7S/c1-9-17-28(33(46)35(48)40-22-10-2)42-34(47)32-30-27(39(30,6)7)24-45(32)36(49)31(25-18-13-11-14-19-25)43-37(50)41-23-29(38(3,4)5)44(8)53(51,52)26-20-15-12-16-21-26/h10,12,15-16,20-21,25,27-32H,2,9,11,13-14,17-19,22-24H2,1,3-8H3,(H,40,48)(H,42,47)(H2,41,43,50)/t27-,28?,29+,30-,31-,32-/m0/s1. The summed E-state index contributed by atoms with van der Waals surface area (Å²) in [6.07, 6.45) is 6.57. The van der Waals surface area contributed by atoms with Crippen LogP contribution in [0.3, 0.4) is 0 Å². The van der Waals surface area contributed by atoms with Gasteiger partial charge in [-0.3, -0.25) is 19.2 Å². The first kappa shape index (κ1) is 42.0. The van der Waals surface area contributed by atoms with Crippen molar-refractivity contribution in [2.75, 3.05) is 26.7 Å². The van der Waals surface area contributed by atoms with Crippen LogP contribution in [0.5, 0.6) is 0 Å². The molecule has 53 heavy (non-hydrogen) atoms. The Bertz CT molecular complexity index is 1620. The van der Waals surface area contributed by atoms with Gasteiger partial charge in [-0.25, -0.2) is 13.2 Å². The Morgan fingerprint density at radius 2 is 1.66 bits per heavy atom. The Balaban J connectivity index is 1.54. The van der Waals surface area contributed by atoms with Gasteiger partial charge in [0, 0.05) is 32.7 Å². The summed E-state index contributed by atoms with van der Waals surface area (Å²) in [4.78, 5) is 69.7. The number of hydrogen-bond acceptors (Lipinski definition) is 7. The summed E-state index contributed by atoms with van der Waals surface area (Å²) in [5.41, 5.74) is -0.764. The summed E-state index contributed by atoms with van der Waals surface area (Å²) in [7, 11) is -2.37. The fourth-order valence-electron chi connectivity index (χ4n) is 8.35. The maximum atomic E-state index is 14.6. The average Bonchev–Trinajstić information content (AvgIpc) is 3.42. The average molecular weight is 757 g/mol. The highest BCUT2D eigenvalue weighted by Gasteiger charge is 2.69. The van der Waals surface area contributed by atoms with Gasteiger partial charge in [-0.1, -0.05) is 91.5 Å². The van der Waals surface area contributed by atoms with Crippen molar-refractivity contribution in [2.45, 2.75) is 116 Å². The molecule has 1 aliphatic heterocycles. The van der Waals surface area contributed by atoms with E-state index in [1.165, 1.54) is 29.6 Å². The number of hydrogen-bond donors (Lipinski definition) is 4. The van der Waals surface area contributed by atoms with Gasteiger partial charge in [0.1, 0.15) is 12.1 Å². The number of benzene rings is 1. The van der Waals surface area contributed by atoms with Crippen LogP contribution in [-0.4, -0.2) is 98.0 Å². The summed E-state index contributed by atoms with van der Waals surface area (Å²) in [6.45, 7) is 15.7. The Kier molecular flexibility index (Phi) is 13.6. The zero-order valence-corrected chi connectivity index (χ0v) is 33.3. The number of Topliss-reactive ketones (excluding diaryl/α,β-unsaturated/α-hetero) is 1. The number of likely N-dealkylation sites (tertiary alicyclic amines) is 1. The highest BCUT2D eigenvalue weighted by atomic mass is 32.2. The fraction of sp³-hybridized carbons (Fsp3) is 0.667. The van der Waals surface area contributed by atoms with E-state index in [4.69, 9.17) is 0 Å². The predicted octanol–water partition coefficient (Wildman–Crippen LogP) is 3.61.